The van der Waals surface area contributed by atoms with E-state index in [1.165, 1.54) is 24.3 Å². The first kappa shape index (κ1) is 26.9. The fourth-order valence-electron chi connectivity index (χ4n) is 5.03. The maximum atomic E-state index is 14.2. The second kappa shape index (κ2) is 11.1. The summed E-state index contributed by atoms with van der Waals surface area (Å²) in [4.78, 5) is 49.8. The fourth-order valence-corrected chi connectivity index (χ4v) is 6.06. The summed E-state index contributed by atoms with van der Waals surface area (Å²) in [5.41, 5.74) is 2.25. The lowest BCUT2D eigenvalue weighted by atomic mass is 9.79. The minimum absolute atomic E-state index is 0.0598. The molecule has 198 valence electrons. The van der Waals surface area contributed by atoms with E-state index in [2.05, 4.69) is 16.0 Å². The topological polar surface area (TPSA) is 104 Å². The lowest BCUT2D eigenvalue weighted by molar-refractivity contribution is -0.136. The van der Waals surface area contributed by atoms with Gasteiger partial charge in [-0.1, -0.05) is 13.0 Å². The molecule has 4 rings (SSSR count). The predicted octanol–water partition coefficient (Wildman–Crippen LogP) is 5.46. The van der Waals surface area contributed by atoms with Gasteiger partial charge in [0.15, 0.2) is 5.78 Å². The lowest BCUT2D eigenvalue weighted by Gasteiger charge is -2.25. The van der Waals surface area contributed by atoms with E-state index < -0.39 is 12.0 Å². The molecule has 4 amide bonds. The molecule has 2 aromatic rings. The molecule has 1 aromatic carbocycles. The number of piperidine rings is 1. The van der Waals surface area contributed by atoms with Crippen molar-refractivity contribution < 1.29 is 28.0 Å². The summed E-state index contributed by atoms with van der Waals surface area (Å²) in [6.07, 6.45) is 3.09. The molecule has 2 heterocycles. The summed E-state index contributed by atoms with van der Waals surface area (Å²) in [6, 6.07) is 3.94. The number of fused-ring (bicyclic) bond motifs is 1. The Balaban J connectivity index is 1.32. The maximum absolute atomic E-state index is 14.2. The van der Waals surface area contributed by atoms with Crippen LogP contribution in [0.5, 0.6) is 0 Å². The summed E-state index contributed by atoms with van der Waals surface area (Å²) in [5, 5.41) is 9.57. The van der Waals surface area contributed by atoms with Crippen LogP contribution in [-0.2, 0) is 28.5 Å². The molecular formula is C27H31F2N3O4S. The van der Waals surface area contributed by atoms with Crippen LogP contribution in [0.1, 0.15) is 77.4 Å². The number of alkyl halides is 2. The largest absolute Gasteiger partial charge is 0.333 e. The summed E-state index contributed by atoms with van der Waals surface area (Å²) < 4.78 is 28.4. The van der Waals surface area contributed by atoms with Gasteiger partial charge in [-0.25, -0.2) is 13.6 Å². The van der Waals surface area contributed by atoms with Crippen molar-refractivity contribution >= 4 is 40.7 Å². The molecule has 0 radical (unpaired) electrons. The van der Waals surface area contributed by atoms with Crippen LogP contribution in [0.25, 0.3) is 0 Å². The van der Waals surface area contributed by atoms with E-state index in [-0.39, 0.29) is 53.6 Å². The van der Waals surface area contributed by atoms with Crippen LogP contribution >= 0.6 is 11.3 Å². The zero-order valence-electron chi connectivity index (χ0n) is 20.9. The minimum Gasteiger partial charge on any atom is -0.333 e. The van der Waals surface area contributed by atoms with E-state index in [0.29, 0.717) is 49.7 Å². The van der Waals surface area contributed by atoms with Gasteiger partial charge in [0.1, 0.15) is 0 Å². The molecule has 1 saturated heterocycles. The second-order valence-corrected chi connectivity index (χ2v) is 10.7. The molecule has 1 aliphatic carbocycles. The number of nitrogens with one attached hydrogen (secondary N) is 3. The third-order valence-corrected chi connectivity index (χ3v) is 8.35. The molecule has 0 spiro atoms. The number of aryl methyl sites for hydroxylation is 1. The number of carbonyl (C=O) groups is 4. The Bertz CT molecular complexity index is 1230. The van der Waals surface area contributed by atoms with Crippen molar-refractivity contribution in [1.82, 2.24) is 10.6 Å². The Morgan fingerprint density at radius 3 is 2.59 bits per heavy atom. The Morgan fingerprint density at radius 2 is 1.86 bits per heavy atom. The predicted molar refractivity (Wildman–Crippen MR) is 137 cm³/mol. The van der Waals surface area contributed by atoms with Gasteiger partial charge in [0.25, 0.3) is 5.92 Å². The minimum atomic E-state index is -2.97. The quantitative estimate of drug-likeness (QED) is 0.394. The summed E-state index contributed by atoms with van der Waals surface area (Å²) in [6.45, 7) is 3.26. The molecule has 0 bridgehead atoms. The van der Waals surface area contributed by atoms with Crippen LogP contribution < -0.4 is 16.0 Å². The number of imide groups is 1. The monoisotopic (exact) mass is 531 g/mol. The van der Waals surface area contributed by atoms with Crippen LogP contribution in [0, 0.1) is 18.8 Å². The normalized spacial score (nSPS) is 19.8. The van der Waals surface area contributed by atoms with Gasteiger partial charge in [-0.3, -0.25) is 19.7 Å². The number of hydrogen-bond acceptors (Lipinski definition) is 5. The standard InChI is InChI=1S/C27H31F2N3O4S/c1-3-27(28,29)21-12-18(9-4-15(21)2)31-26(36)30-13-22-19-10-7-16(24(34)20(19)14-37-22)5-6-17-8-11-23(33)32-25(17)35/h4,9,12,14,16-17H,3,5-8,10-11,13H2,1-2H3,(H2,30,31,36)(H,32,33,35). The molecule has 0 saturated carbocycles. The first-order valence-corrected chi connectivity index (χ1v) is 13.5. The maximum Gasteiger partial charge on any atom is 0.319 e. The highest BCUT2D eigenvalue weighted by Crippen LogP contribution is 2.36. The molecule has 7 nitrogen and oxygen atoms in total. The summed E-state index contributed by atoms with van der Waals surface area (Å²) >= 11 is 1.41. The highest BCUT2D eigenvalue weighted by atomic mass is 32.1. The zero-order chi connectivity index (χ0) is 26.7. The molecule has 1 aromatic heterocycles. The van der Waals surface area contributed by atoms with Crippen LogP contribution in [-0.4, -0.2) is 23.6 Å². The van der Waals surface area contributed by atoms with Crippen molar-refractivity contribution in [3.8, 4) is 0 Å². The number of Topliss-reactive ketones (excluding diaryl/α,β-unsaturated/α-hetero) is 1. The average Bonchev–Trinajstić information content (AvgIpc) is 3.28. The van der Waals surface area contributed by atoms with Crippen LogP contribution in [0.4, 0.5) is 19.3 Å². The van der Waals surface area contributed by atoms with Crippen molar-refractivity contribution in [2.24, 2.45) is 11.8 Å². The number of rotatable bonds is 8. The van der Waals surface area contributed by atoms with E-state index in [1.54, 1.807) is 19.1 Å². The van der Waals surface area contributed by atoms with E-state index in [0.717, 1.165) is 10.4 Å². The summed E-state index contributed by atoms with van der Waals surface area (Å²) in [7, 11) is 0. The molecule has 37 heavy (non-hydrogen) atoms. The number of ketones is 1. The number of carbonyl (C=O) groups excluding carboxylic acids is 4. The van der Waals surface area contributed by atoms with Crippen molar-refractivity contribution in [2.45, 2.75) is 71.3 Å². The number of anilines is 1. The number of amides is 4. The van der Waals surface area contributed by atoms with Crippen molar-refractivity contribution in [1.29, 1.82) is 0 Å². The smallest absolute Gasteiger partial charge is 0.319 e. The van der Waals surface area contributed by atoms with E-state index in [1.807, 2.05) is 5.38 Å². The van der Waals surface area contributed by atoms with E-state index in [4.69, 9.17) is 0 Å². The Morgan fingerprint density at radius 1 is 1.14 bits per heavy atom. The zero-order valence-corrected chi connectivity index (χ0v) is 21.7. The Labute approximate surface area is 218 Å². The summed E-state index contributed by atoms with van der Waals surface area (Å²) in [5.74, 6) is -3.79. The van der Waals surface area contributed by atoms with Crippen LogP contribution in [0.2, 0.25) is 0 Å². The highest BCUT2D eigenvalue weighted by Gasteiger charge is 2.33. The van der Waals surface area contributed by atoms with Crippen molar-refractivity contribution in [2.75, 3.05) is 5.32 Å². The number of hydrogen-bond donors (Lipinski definition) is 3. The van der Waals surface area contributed by atoms with Crippen molar-refractivity contribution in [3.63, 3.8) is 0 Å². The van der Waals surface area contributed by atoms with Gasteiger partial charge in [-0.05, 0) is 62.3 Å². The Hall–Kier alpha value is -3.14. The number of thiophene rings is 1. The SMILES string of the molecule is CCC(F)(F)c1cc(NC(=O)NCc2scc3c2CCC(CCC2CCC(=O)NC2=O)C3=O)ccc1C. The highest BCUT2D eigenvalue weighted by molar-refractivity contribution is 7.10. The van der Waals surface area contributed by atoms with E-state index >= 15 is 0 Å². The first-order chi connectivity index (χ1) is 17.6. The van der Waals surface area contributed by atoms with Gasteiger partial charge < -0.3 is 10.6 Å². The van der Waals surface area contributed by atoms with Gasteiger partial charge >= 0.3 is 6.03 Å². The average molecular weight is 532 g/mol. The molecule has 3 N–H and O–H groups in total. The van der Waals surface area contributed by atoms with Crippen LogP contribution in [0.15, 0.2) is 23.6 Å². The molecule has 2 atom stereocenters. The molecule has 1 fully saturated rings. The van der Waals surface area contributed by atoms with Gasteiger partial charge in [-0.2, -0.15) is 0 Å². The van der Waals surface area contributed by atoms with Gasteiger partial charge in [0.2, 0.25) is 11.8 Å². The van der Waals surface area contributed by atoms with Crippen molar-refractivity contribution in [3.05, 3.63) is 50.7 Å². The molecule has 2 aliphatic rings. The molecule has 2 unspecified atom stereocenters. The first-order valence-electron chi connectivity index (χ1n) is 12.6. The third-order valence-electron chi connectivity index (χ3n) is 7.32. The molecule has 1 aliphatic heterocycles. The van der Waals surface area contributed by atoms with Gasteiger partial charge in [0.05, 0.1) is 6.54 Å². The number of urea groups is 1. The lowest BCUT2D eigenvalue weighted by Crippen LogP contribution is -2.41. The molecular weight excluding hydrogens is 500 g/mol. The van der Waals surface area contributed by atoms with E-state index in [9.17, 15) is 28.0 Å². The second-order valence-electron chi connectivity index (χ2n) is 9.77. The van der Waals surface area contributed by atoms with Crippen LogP contribution in [0.3, 0.4) is 0 Å². The number of benzene rings is 1. The van der Waals surface area contributed by atoms with Gasteiger partial charge in [-0.15, -0.1) is 11.3 Å². The molecule has 10 heteroatoms. The van der Waals surface area contributed by atoms with Gasteiger partial charge in [0, 0.05) is 51.7 Å². The number of halogens is 2. The third kappa shape index (κ3) is 6.06. The fraction of sp³-hybridized carbons (Fsp3) is 0.481. The Kier molecular flexibility index (Phi) is 8.06.